The zero-order chi connectivity index (χ0) is 12.6. The first-order valence-electron chi connectivity index (χ1n) is 6.14. The van der Waals surface area contributed by atoms with Gasteiger partial charge in [0.05, 0.1) is 0 Å². The molecule has 0 aliphatic heterocycles. The molecule has 0 bridgehead atoms. The Kier molecular flexibility index (Phi) is 7.04. The first-order valence-corrected chi connectivity index (χ1v) is 9.49. The van der Waals surface area contributed by atoms with Gasteiger partial charge in [-0.3, -0.25) is 0 Å². The molecule has 1 rings (SSSR count). The van der Waals surface area contributed by atoms with Gasteiger partial charge >= 0.3 is 8.56 Å². The lowest BCUT2D eigenvalue weighted by atomic mass is 10.2. The van der Waals surface area contributed by atoms with Crippen molar-refractivity contribution in [3.8, 4) is 0 Å². The molecule has 1 aromatic carbocycles. The molecule has 0 atom stereocenters. The Morgan fingerprint density at radius 3 is 2.12 bits per heavy atom. The SMILES string of the molecule is CCO[Si](CBr)(CCc1ccccc1)OCC. The van der Waals surface area contributed by atoms with E-state index in [2.05, 4.69) is 40.2 Å². The van der Waals surface area contributed by atoms with Gasteiger partial charge in [-0.05, 0) is 31.9 Å². The lowest BCUT2D eigenvalue weighted by Gasteiger charge is -2.28. The Morgan fingerprint density at radius 1 is 1.06 bits per heavy atom. The maximum Gasteiger partial charge on any atom is 0.349 e. The minimum Gasteiger partial charge on any atom is -0.394 e. The third kappa shape index (κ3) is 4.92. The summed E-state index contributed by atoms with van der Waals surface area (Å²) < 4.78 is 11.8. The standard InChI is InChI=1S/C13H21BrO2Si/c1-3-15-17(12-14,16-4-2)11-10-13-8-6-5-7-9-13/h5-9H,3-4,10-12H2,1-2H3. The van der Waals surface area contributed by atoms with Crippen LogP contribution in [-0.2, 0) is 15.3 Å². The minimum absolute atomic E-state index is 0.729. The molecule has 4 heteroatoms. The maximum atomic E-state index is 5.91. The molecule has 0 aliphatic carbocycles. The summed E-state index contributed by atoms with van der Waals surface area (Å²) in [7, 11) is -2.04. The lowest BCUT2D eigenvalue weighted by Crippen LogP contribution is -2.45. The third-order valence-corrected chi connectivity index (χ3v) is 8.27. The van der Waals surface area contributed by atoms with Crippen LogP contribution in [-0.4, -0.2) is 26.7 Å². The van der Waals surface area contributed by atoms with Crippen molar-refractivity contribution in [3.05, 3.63) is 35.9 Å². The number of halogens is 1. The molecule has 2 nitrogen and oxygen atoms in total. The highest BCUT2D eigenvalue weighted by Gasteiger charge is 2.35. The van der Waals surface area contributed by atoms with Crippen LogP contribution < -0.4 is 0 Å². The van der Waals surface area contributed by atoms with Crippen LogP contribution in [0.15, 0.2) is 30.3 Å². The summed E-state index contributed by atoms with van der Waals surface area (Å²) in [5.74, 6) is 0. The van der Waals surface area contributed by atoms with Crippen molar-refractivity contribution in [1.82, 2.24) is 0 Å². The maximum absolute atomic E-state index is 5.91. The van der Waals surface area contributed by atoms with Crippen LogP contribution in [0, 0.1) is 0 Å². The molecule has 17 heavy (non-hydrogen) atoms. The van der Waals surface area contributed by atoms with E-state index in [1.54, 1.807) is 0 Å². The topological polar surface area (TPSA) is 18.5 Å². The highest BCUT2D eigenvalue weighted by Crippen LogP contribution is 2.19. The van der Waals surface area contributed by atoms with Gasteiger partial charge in [-0.25, -0.2) is 0 Å². The molecular formula is C13H21BrO2Si. The molecule has 0 saturated heterocycles. The highest BCUT2D eigenvalue weighted by atomic mass is 79.9. The largest absolute Gasteiger partial charge is 0.394 e. The summed E-state index contributed by atoms with van der Waals surface area (Å²) in [6.45, 7) is 5.52. The molecule has 0 aliphatic rings. The lowest BCUT2D eigenvalue weighted by molar-refractivity contribution is 0.188. The second-order valence-corrected chi connectivity index (χ2v) is 8.74. The molecule has 0 saturated carbocycles. The zero-order valence-electron chi connectivity index (χ0n) is 10.6. The third-order valence-electron chi connectivity index (χ3n) is 2.66. The quantitative estimate of drug-likeness (QED) is 0.538. The summed E-state index contributed by atoms with van der Waals surface area (Å²) >= 11 is 3.56. The molecule has 0 spiro atoms. The van der Waals surface area contributed by atoms with Crippen molar-refractivity contribution in [2.45, 2.75) is 26.3 Å². The van der Waals surface area contributed by atoms with Crippen molar-refractivity contribution in [2.75, 3.05) is 18.2 Å². The van der Waals surface area contributed by atoms with E-state index in [4.69, 9.17) is 8.85 Å². The number of rotatable bonds is 8. The van der Waals surface area contributed by atoms with E-state index in [0.29, 0.717) is 0 Å². The van der Waals surface area contributed by atoms with E-state index in [9.17, 15) is 0 Å². The molecule has 0 fully saturated rings. The van der Waals surface area contributed by atoms with Crippen molar-refractivity contribution in [2.24, 2.45) is 0 Å². The molecule has 96 valence electrons. The van der Waals surface area contributed by atoms with Gasteiger partial charge in [-0.1, -0.05) is 46.3 Å². The monoisotopic (exact) mass is 316 g/mol. The summed E-state index contributed by atoms with van der Waals surface area (Å²) in [5.41, 5.74) is 1.35. The Balaban J connectivity index is 2.59. The first kappa shape index (κ1) is 14.9. The van der Waals surface area contributed by atoms with Crippen LogP contribution in [0.5, 0.6) is 0 Å². The molecule has 1 aromatic rings. The van der Waals surface area contributed by atoms with Gasteiger partial charge < -0.3 is 8.85 Å². The number of hydrogen-bond donors (Lipinski definition) is 0. The van der Waals surface area contributed by atoms with E-state index in [0.717, 1.165) is 30.6 Å². The van der Waals surface area contributed by atoms with E-state index >= 15 is 0 Å². The van der Waals surface area contributed by atoms with Crippen LogP contribution in [0.4, 0.5) is 0 Å². The van der Waals surface area contributed by atoms with Crippen LogP contribution in [0.1, 0.15) is 19.4 Å². The Labute approximate surface area is 114 Å². The fraction of sp³-hybridized carbons (Fsp3) is 0.538. The second-order valence-electron chi connectivity index (χ2n) is 3.90. The van der Waals surface area contributed by atoms with Gasteiger partial charge in [0, 0.05) is 18.2 Å². The summed E-state index contributed by atoms with van der Waals surface area (Å²) in [4.78, 5) is 0.842. The zero-order valence-corrected chi connectivity index (χ0v) is 13.2. The average Bonchev–Trinajstić information content (AvgIpc) is 2.38. The van der Waals surface area contributed by atoms with Gasteiger partial charge in [0.25, 0.3) is 0 Å². The van der Waals surface area contributed by atoms with Gasteiger partial charge in [0.15, 0.2) is 0 Å². The summed E-state index contributed by atoms with van der Waals surface area (Å²) in [6.07, 6.45) is 1.03. The van der Waals surface area contributed by atoms with E-state index in [1.807, 2.05) is 19.9 Å². The average molecular weight is 317 g/mol. The molecule has 0 unspecified atom stereocenters. The summed E-state index contributed by atoms with van der Waals surface area (Å²) in [5, 5.41) is 0. The first-order chi connectivity index (χ1) is 8.26. The van der Waals surface area contributed by atoms with E-state index in [1.165, 1.54) is 5.56 Å². The van der Waals surface area contributed by atoms with Crippen LogP contribution >= 0.6 is 15.9 Å². The van der Waals surface area contributed by atoms with Crippen molar-refractivity contribution in [1.29, 1.82) is 0 Å². The van der Waals surface area contributed by atoms with Crippen LogP contribution in [0.25, 0.3) is 0 Å². The number of benzene rings is 1. The van der Waals surface area contributed by atoms with Crippen LogP contribution in [0.3, 0.4) is 0 Å². The fourth-order valence-electron chi connectivity index (χ4n) is 1.84. The molecule has 0 radical (unpaired) electrons. The number of hydrogen-bond acceptors (Lipinski definition) is 2. The fourth-order valence-corrected chi connectivity index (χ4v) is 6.03. The smallest absolute Gasteiger partial charge is 0.349 e. The highest BCUT2D eigenvalue weighted by molar-refractivity contribution is 9.09. The Morgan fingerprint density at radius 2 is 1.65 bits per heavy atom. The number of alkyl halides is 1. The Hall–Kier alpha value is -0.163. The van der Waals surface area contributed by atoms with Crippen molar-refractivity contribution >= 4 is 24.5 Å². The van der Waals surface area contributed by atoms with Crippen molar-refractivity contribution < 1.29 is 8.85 Å². The van der Waals surface area contributed by atoms with E-state index in [-0.39, 0.29) is 0 Å². The van der Waals surface area contributed by atoms with Gasteiger partial charge in [0.2, 0.25) is 0 Å². The number of aryl methyl sites for hydroxylation is 1. The minimum atomic E-state index is -2.04. The Bertz CT molecular complexity index is 300. The molecule has 0 amide bonds. The van der Waals surface area contributed by atoms with E-state index < -0.39 is 8.56 Å². The van der Waals surface area contributed by atoms with Gasteiger partial charge in [0.1, 0.15) is 0 Å². The summed E-state index contributed by atoms with van der Waals surface area (Å²) in [6, 6.07) is 11.5. The predicted molar refractivity (Wildman–Crippen MR) is 77.8 cm³/mol. The molecule has 0 heterocycles. The molecule has 0 aromatic heterocycles. The van der Waals surface area contributed by atoms with Gasteiger partial charge in [-0.2, -0.15) is 0 Å². The normalized spacial score (nSPS) is 11.7. The predicted octanol–water partition coefficient (Wildman–Crippen LogP) is 3.68. The molecular weight excluding hydrogens is 296 g/mol. The van der Waals surface area contributed by atoms with Crippen LogP contribution in [0.2, 0.25) is 6.04 Å². The van der Waals surface area contributed by atoms with Gasteiger partial charge in [-0.15, -0.1) is 0 Å². The second kappa shape index (κ2) is 8.03. The molecule has 0 N–H and O–H groups in total. The van der Waals surface area contributed by atoms with Crippen molar-refractivity contribution in [3.63, 3.8) is 0 Å².